The maximum Gasteiger partial charge on any atom is 0.243 e. The van der Waals surface area contributed by atoms with Crippen molar-refractivity contribution in [2.45, 2.75) is 6.92 Å². The Labute approximate surface area is 109 Å². The van der Waals surface area contributed by atoms with E-state index < -0.39 is 0 Å². The molecule has 0 saturated heterocycles. The van der Waals surface area contributed by atoms with Crippen LogP contribution in [0.2, 0.25) is 5.02 Å². The predicted octanol–water partition coefficient (Wildman–Crippen LogP) is 2.68. The highest BCUT2D eigenvalue weighted by Gasteiger charge is 2.10. The number of nitriles is 1. The smallest absolute Gasteiger partial charge is 0.243 e. The number of aromatic nitrogens is 2. The fourth-order valence-electron chi connectivity index (χ4n) is 1.32. The molecule has 6 heteroatoms. The number of aryl methyl sites for hydroxylation is 1. The molecule has 0 radical (unpaired) electrons. The summed E-state index contributed by atoms with van der Waals surface area (Å²) in [5.74, 6) is 0.826. The lowest BCUT2D eigenvalue weighted by molar-refractivity contribution is 0.458. The molecule has 90 valence electrons. The molecular weight excluding hydrogens is 252 g/mol. The van der Waals surface area contributed by atoms with Crippen molar-refractivity contribution in [3.8, 4) is 17.7 Å². The van der Waals surface area contributed by atoms with Crippen molar-refractivity contribution in [2.24, 2.45) is 0 Å². The van der Waals surface area contributed by atoms with E-state index in [0.29, 0.717) is 11.3 Å². The average molecular weight is 261 g/mol. The van der Waals surface area contributed by atoms with E-state index in [9.17, 15) is 0 Å². The largest absolute Gasteiger partial charge is 0.437 e. The number of rotatable bonds is 2. The van der Waals surface area contributed by atoms with Crippen LogP contribution in [0.4, 0.5) is 5.82 Å². The number of ether oxygens (including phenoxy) is 1. The van der Waals surface area contributed by atoms with Gasteiger partial charge in [-0.25, -0.2) is 4.98 Å². The fourth-order valence-corrected chi connectivity index (χ4v) is 1.46. The molecule has 0 aliphatic carbocycles. The maximum absolute atomic E-state index is 8.84. The SMILES string of the molecule is Cc1ccc(C#N)cc1Oc1ncnc(N)c1Cl. The van der Waals surface area contributed by atoms with Crippen LogP contribution in [0.25, 0.3) is 0 Å². The second kappa shape index (κ2) is 4.90. The van der Waals surface area contributed by atoms with Gasteiger partial charge in [-0.1, -0.05) is 17.7 Å². The highest BCUT2D eigenvalue weighted by Crippen LogP contribution is 2.31. The molecule has 0 saturated carbocycles. The summed E-state index contributed by atoms with van der Waals surface area (Å²) < 4.78 is 5.55. The van der Waals surface area contributed by atoms with Gasteiger partial charge in [-0.15, -0.1) is 0 Å². The van der Waals surface area contributed by atoms with Gasteiger partial charge in [0.1, 0.15) is 22.9 Å². The van der Waals surface area contributed by atoms with E-state index in [1.807, 2.05) is 13.0 Å². The van der Waals surface area contributed by atoms with Crippen molar-refractivity contribution in [1.29, 1.82) is 5.26 Å². The van der Waals surface area contributed by atoms with Gasteiger partial charge in [-0.05, 0) is 24.6 Å². The van der Waals surface area contributed by atoms with Crippen LogP contribution in [0.5, 0.6) is 11.6 Å². The summed E-state index contributed by atoms with van der Waals surface area (Å²) in [7, 11) is 0. The Bertz CT molecular complexity index is 636. The molecule has 0 bridgehead atoms. The van der Waals surface area contributed by atoms with E-state index >= 15 is 0 Å². The normalized spacial score (nSPS) is 9.83. The quantitative estimate of drug-likeness (QED) is 0.897. The molecule has 0 amide bonds. The molecule has 18 heavy (non-hydrogen) atoms. The third-order valence-electron chi connectivity index (χ3n) is 2.31. The molecule has 2 rings (SSSR count). The predicted molar refractivity (Wildman–Crippen MR) is 67.4 cm³/mol. The van der Waals surface area contributed by atoms with E-state index in [4.69, 9.17) is 27.3 Å². The van der Waals surface area contributed by atoms with Gasteiger partial charge in [-0.2, -0.15) is 10.2 Å². The molecule has 1 aromatic heterocycles. The maximum atomic E-state index is 8.84. The number of anilines is 1. The second-order valence-electron chi connectivity index (χ2n) is 3.57. The second-order valence-corrected chi connectivity index (χ2v) is 3.95. The zero-order valence-corrected chi connectivity index (χ0v) is 10.3. The van der Waals surface area contributed by atoms with Crippen molar-refractivity contribution in [3.05, 3.63) is 40.7 Å². The molecular formula is C12H9ClN4O. The average Bonchev–Trinajstić information content (AvgIpc) is 2.37. The minimum atomic E-state index is 0.149. The van der Waals surface area contributed by atoms with E-state index in [2.05, 4.69) is 9.97 Å². The van der Waals surface area contributed by atoms with E-state index in [1.54, 1.807) is 18.2 Å². The summed E-state index contributed by atoms with van der Waals surface area (Å²) in [6.07, 6.45) is 1.26. The van der Waals surface area contributed by atoms with Gasteiger partial charge in [0.05, 0.1) is 11.6 Å². The number of nitrogens with zero attached hydrogens (tertiary/aromatic N) is 3. The van der Waals surface area contributed by atoms with Crippen LogP contribution in [0.1, 0.15) is 11.1 Å². The van der Waals surface area contributed by atoms with Gasteiger partial charge in [0, 0.05) is 0 Å². The van der Waals surface area contributed by atoms with Gasteiger partial charge in [0.2, 0.25) is 5.88 Å². The van der Waals surface area contributed by atoms with E-state index in [-0.39, 0.29) is 16.7 Å². The van der Waals surface area contributed by atoms with Crippen molar-refractivity contribution in [1.82, 2.24) is 9.97 Å². The lowest BCUT2D eigenvalue weighted by Gasteiger charge is -2.09. The number of nitrogens with two attached hydrogens (primary N) is 1. The lowest BCUT2D eigenvalue weighted by Crippen LogP contribution is -1.97. The lowest BCUT2D eigenvalue weighted by atomic mass is 10.1. The highest BCUT2D eigenvalue weighted by molar-refractivity contribution is 6.34. The topological polar surface area (TPSA) is 84.8 Å². The number of nitrogen functional groups attached to an aromatic ring is 1. The number of halogens is 1. The van der Waals surface area contributed by atoms with Gasteiger partial charge in [0.25, 0.3) is 0 Å². The molecule has 0 aliphatic heterocycles. The molecule has 1 heterocycles. The number of benzene rings is 1. The van der Waals surface area contributed by atoms with Crippen molar-refractivity contribution >= 4 is 17.4 Å². The van der Waals surface area contributed by atoms with Crippen molar-refractivity contribution in [3.63, 3.8) is 0 Å². The summed E-state index contributed by atoms with van der Waals surface area (Å²) >= 11 is 5.93. The highest BCUT2D eigenvalue weighted by atomic mass is 35.5. The Kier molecular flexibility index (Phi) is 3.31. The monoisotopic (exact) mass is 260 g/mol. The van der Waals surface area contributed by atoms with Crippen LogP contribution in [-0.4, -0.2) is 9.97 Å². The number of hydrogen-bond acceptors (Lipinski definition) is 5. The summed E-state index contributed by atoms with van der Waals surface area (Å²) in [4.78, 5) is 7.64. The van der Waals surface area contributed by atoms with Gasteiger partial charge in [0.15, 0.2) is 0 Å². The zero-order chi connectivity index (χ0) is 13.1. The molecule has 5 nitrogen and oxygen atoms in total. The van der Waals surface area contributed by atoms with Crippen molar-refractivity contribution in [2.75, 3.05) is 5.73 Å². The standard InChI is InChI=1S/C12H9ClN4O/c1-7-2-3-8(5-14)4-9(7)18-12-10(13)11(15)16-6-17-12/h2-4,6H,1H3,(H2,15,16,17). The molecule has 2 N–H and O–H groups in total. The van der Waals surface area contributed by atoms with E-state index in [1.165, 1.54) is 6.33 Å². The third kappa shape index (κ3) is 2.34. The minimum Gasteiger partial charge on any atom is -0.437 e. The van der Waals surface area contributed by atoms with Gasteiger partial charge in [-0.3, -0.25) is 0 Å². The molecule has 1 aromatic carbocycles. The third-order valence-corrected chi connectivity index (χ3v) is 2.66. The molecule has 0 unspecified atom stereocenters. The molecule has 0 fully saturated rings. The Morgan fingerprint density at radius 3 is 2.89 bits per heavy atom. The fraction of sp³-hybridized carbons (Fsp3) is 0.0833. The molecule has 0 atom stereocenters. The Morgan fingerprint density at radius 2 is 2.17 bits per heavy atom. The summed E-state index contributed by atoms with van der Waals surface area (Å²) in [6.45, 7) is 1.86. The van der Waals surface area contributed by atoms with Crippen LogP contribution in [0.3, 0.4) is 0 Å². The molecule has 2 aromatic rings. The summed E-state index contributed by atoms with van der Waals surface area (Å²) in [6, 6.07) is 7.14. The first kappa shape index (κ1) is 12.1. The molecule has 0 spiro atoms. The Balaban J connectivity index is 2.40. The van der Waals surface area contributed by atoms with Crippen LogP contribution in [0.15, 0.2) is 24.5 Å². The molecule has 0 aliphatic rings. The Hall–Kier alpha value is -2.32. The van der Waals surface area contributed by atoms with Gasteiger partial charge >= 0.3 is 0 Å². The van der Waals surface area contributed by atoms with Crippen LogP contribution in [0, 0.1) is 18.3 Å². The minimum absolute atomic E-state index is 0.149. The summed E-state index contributed by atoms with van der Waals surface area (Å²) in [5, 5.41) is 8.99. The first-order chi connectivity index (χ1) is 8.61. The number of hydrogen-bond donors (Lipinski definition) is 1. The van der Waals surface area contributed by atoms with E-state index in [0.717, 1.165) is 5.56 Å². The van der Waals surface area contributed by atoms with Gasteiger partial charge < -0.3 is 10.5 Å². The van der Waals surface area contributed by atoms with Crippen LogP contribution in [-0.2, 0) is 0 Å². The first-order valence-electron chi connectivity index (χ1n) is 5.06. The van der Waals surface area contributed by atoms with Crippen molar-refractivity contribution < 1.29 is 4.74 Å². The Morgan fingerprint density at radius 1 is 1.39 bits per heavy atom. The zero-order valence-electron chi connectivity index (χ0n) is 9.51. The van der Waals surface area contributed by atoms with Crippen LogP contribution >= 0.6 is 11.6 Å². The summed E-state index contributed by atoms with van der Waals surface area (Å²) in [5.41, 5.74) is 6.91. The first-order valence-corrected chi connectivity index (χ1v) is 5.44. The van der Waals surface area contributed by atoms with Crippen LogP contribution < -0.4 is 10.5 Å².